The molecule has 2 rings (SSSR count). The van der Waals surface area contributed by atoms with Crippen LogP contribution in [0.25, 0.3) is 0 Å². The molecule has 0 radical (unpaired) electrons. The fourth-order valence-electron chi connectivity index (χ4n) is 3.28. The Hall–Kier alpha value is -2.29. The van der Waals surface area contributed by atoms with E-state index in [0.717, 1.165) is 22.3 Å². The minimum absolute atomic E-state index is 0.0228. The molecule has 2 aromatic carbocycles. The predicted molar refractivity (Wildman–Crippen MR) is 106 cm³/mol. The van der Waals surface area contributed by atoms with E-state index in [4.69, 9.17) is 9.47 Å². The second-order valence-electron chi connectivity index (χ2n) is 8.81. The van der Waals surface area contributed by atoms with Crippen LogP contribution in [0.4, 0.5) is 4.79 Å². The summed E-state index contributed by atoms with van der Waals surface area (Å²) in [6, 6.07) is 11.5. The van der Waals surface area contributed by atoms with E-state index >= 15 is 0 Å². The van der Waals surface area contributed by atoms with E-state index in [0.29, 0.717) is 11.5 Å². The third-order valence-electron chi connectivity index (χ3n) is 4.57. The zero-order valence-electron chi connectivity index (χ0n) is 17.2. The number of carbonyl (C=O) groups is 1. The Labute approximate surface area is 157 Å². The summed E-state index contributed by atoms with van der Waals surface area (Å²) in [6.45, 7) is 16.8. The maximum Gasteiger partial charge on any atom is 0.519 e. The van der Waals surface area contributed by atoms with Crippen molar-refractivity contribution >= 4 is 6.16 Å². The maximum atomic E-state index is 12.4. The van der Waals surface area contributed by atoms with Gasteiger partial charge in [0.1, 0.15) is 11.5 Å². The summed E-state index contributed by atoms with van der Waals surface area (Å²) in [5.41, 5.74) is 4.16. The predicted octanol–water partition coefficient (Wildman–Crippen LogP) is 6.48. The van der Waals surface area contributed by atoms with Crippen molar-refractivity contribution < 1.29 is 14.3 Å². The van der Waals surface area contributed by atoms with E-state index in [2.05, 4.69) is 53.7 Å². The van der Waals surface area contributed by atoms with Gasteiger partial charge in [-0.15, -0.1) is 0 Å². The van der Waals surface area contributed by atoms with Gasteiger partial charge >= 0.3 is 6.16 Å². The Bertz CT molecular complexity index is 738. The van der Waals surface area contributed by atoms with Crippen LogP contribution in [0, 0.1) is 13.8 Å². The van der Waals surface area contributed by atoms with Gasteiger partial charge in [0.05, 0.1) is 0 Å². The van der Waals surface area contributed by atoms with Gasteiger partial charge in [0.15, 0.2) is 0 Å². The molecule has 0 aliphatic carbocycles. The summed E-state index contributed by atoms with van der Waals surface area (Å²) < 4.78 is 11.0. The molecule has 0 fully saturated rings. The van der Waals surface area contributed by atoms with Crippen molar-refractivity contribution in [2.24, 2.45) is 0 Å². The lowest BCUT2D eigenvalue weighted by Gasteiger charge is -2.23. The summed E-state index contributed by atoms with van der Waals surface area (Å²) >= 11 is 0. The fourth-order valence-corrected chi connectivity index (χ4v) is 3.28. The molecule has 3 heteroatoms. The molecule has 0 aromatic heterocycles. The van der Waals surface area contributed by atoms with Crippen molar-refractivity contribution in [1.82, 2.24) is 0 Å². The Morgan fingerprint density at radius 1 is 0.692 bits per heavy atom. The number of ether oxygens (including phenoxy) is 2. The van der Waals surface area contributed by atoms with Gasteiger partial charge in [0.2, 0.25) is 0 Å². The Kier molecular flexibility index (Phi) is 5.50. The molecule has 26 heavy (non-hydrogen) atoms. The van der Waals surface area contributed by atoms with Crippen molar-refractivity contribution in [3.8, 4) is 11.5 Å². The first-order valence-corrected chi connectivity index (χ1v) is 9.01. The van der Waals surface area contributed by atoms with Gasteiger partial charge < -0.3 is 9.47 Å². The number of benzene rings is 2. The number of carbonyl (C=O) groups excluding carboxylic acids is 1. The average Bonchev–Trinajstić information content (AvgIpc) is 2.49. The monoisotopic (exact) mass is 354 g/mol. The molecule has 140 valence electrons. The second kappa shape index (κ2) is 7.14. The van der Waals surface area contributed by atoms with Crippen LogP contribution >= 0.6 is 0 Å². The molecule has 0 saturated carbocycles. The van der Waals surface area contributed by atoms with Crippen LogP contribution < -0.4 is 9.47 Å². The molecule has 0 atom stereocenters. The van der Waals surface area contributed by atoms with Crippen molar-refractivity contribution in [2.45, 2.75) is 66.2 Å². The number of rotatable bonds is 2. The van der Waals surface area contributed by atoms with Crippen molar-refractivity contribution in [3.05, 3.63) is 58.7 Å². The molecule has 3 nitrogen and oxygen atoms in total. The van der Waals surface area contributed by atoms with E-state index in [1.54, 1.807) is 12.1 Å². The Balaban J connectivity index is 2.24. The maximum absolute atomic E-state index is 12.4. The zero-order valence-corrected chi connectivity index (χ0v) is 17.2. The standard InChI is InChI=1S/C23H30O3/c1-15-17(22(3,4)5)11-9-13-19(15)25-21(24)26-20-14-10-12-18(16(20)2)23(6,7)8/h9-14H,1-8H3. The van der Waals surface area contributed by atoms with Crippen LogP contribution in [0.5, 0.6) is 11.5 Å². The van der Waals surface area contributed by atoms with Gasteiger partial charge in [0, 0.05) is 0 Å². The van der Waals surface area contributed by atoms with Crippen molar-refractivity contribution in [2.75, 3.05) is 0 Å². The lowest BCUT2D eigenvalue weighted by Crippen LogP contribution is -2.19. The Morgan fingerprint density at radius 2 is 1.04 bits per heavy atom. The van der Waals surface area contributed by atoms with Crippen LogP contribution in [0.15, 0.2) is 36.4 Å². The van der Waals surface area contributed by atoms with Gasteiger partial charge in [-0.1, -0.05) is 65.8 Å². The van der Waals surface area contributed by atoms with E-state index in [1.807, 2.05) is 26.0 Å². The van der Waals surface area contributed by atoms with Crippen molar-refractivity contribution in [1.29, 1.82) is 0 Å². The highest BCUT2D eigenvalue weighted by Gasteiger charge is 2.22. The topological polar surface area (TPSA) is 35.5 Å². The first kappa shape index (κ1) is 20.0. The molecule has 0 aliphatic heterocycles. The molecule has 0 amide bonds. The van der Waals surface area contributed by atoms with Gasteiger partial charge in [-0.2, -0.15) is 0 Å². The normalized spacial score (nSPS) is 12.0. The first-order valence-electron chi connectivity index (χ1n) is 9.01. The lowest BCUT2D eigenvalue weighted by atomic mass is 9.84. The molecule has 0 heterocycles. The summed E-state index contributed by atoms with van der Waals surface area (Å²) in [5.74, 6) is 1.07. The molecular weight excluding hydrogens is 324 g/mol. The minimum atomic E-state index is -0.715. The Morgan fingerprint density at radius 3 is 1.35 bits per heavy atom. The molecule has 2 aromatic rings. The van der Waals surface area contributed by atoms with Gasteiger partial charge in [-0.05, 0) is 59.1 Å². The molecule has 0 unspecified atom stereocenters. The highest BCUT2D eigenvalue weighted by molar-refractivity contribution is 5.69. The molecule has 0 aliphatic rings. The van der Waals surface area contributed by atoms with Gasteiger partial charge in [0.25, 0.3) is 0 Å². The highest BCUT2D eigenvalue weighted by atomic mass is 16.7. The van der Waals surface area contributed by atoms with E-state index in [-0.39, 0.29) is 10.8 Å². The second-order valence-corrected chi connectivity index (χ2v) is 8.81. The average molecular weight is 354 g/mol. The largest absolute Gasteiger partial charge is 0.519 e. The smallest absolute Gasteiger partial charge is 0.394 e. The summed E-state index contributed by atoms with van der Waals surface area (Å²) in [5, 5.41) is 0. The van der Waals surface area contributed by atoms with Crippen molar-refractivity contribution in [3.63, 3.8) is 0 Å². The SMILES string of the molecule is Cc1c(OC(=O)Oc2cccc(C(C)(C)C)c2C)cccc1C(C)(C)C. The first-order chi connectivity index (χ1) is 11.9. The summed E-state index contributed by atoms with van der Waals surface area (Å²) in [7, 11) is 0. The third kappa shape index (κ3) is 4.46. The molecule has 0 bridgehead atoms. The van der Waals surface area contributed by atoms with Crippen LogP contribution in [-0.4, -0.2) is 6.16 Å². The molecule has 0 spiro atoms. The molecule has 0 N–H and O–H groups in total. The van der Waals surface area contributed by atoms with Crippen LogP contribution in [0.2, 0.25) is 0 Å². The van der Waals surface area contributed by atoms with Crippen LogP contribution in [-0.2, 0) is 10.8 Å². The number of hydrogen-bond acceptors (Lipinski definition) is 3. The van der Waals surface area contributed by atoms with E-state index in [1.165, 1.54) is 0 Å². The molecule has 0 saturated heterocycles. The molecular formula is C23H30O3. The van der Waals surface area contributed by atoms with E-state index < -0.39 is 6.16 Å². The van der Waals surface area contributed by atoms with E-state index in [9.17, 15) is 4.79 Å². The third-order valence-corrected chi connectivity index (χ3v) is 4.57. The fraction of sp³-hybridized carbons (Fsp3) is 0.435. The quantitative estimate of drug-likeness (QED) is 0.457. The summed E-state index contributed by atoms with van der Waals surface area (Å²) in [6.07, 6.45) is -0.715. The van der Waals surface area contributed by atoms with Gasteiger partial charge in [-0.25, -0.2) is 4.79 Å². The lowest BCUT2D eigenvalue weighted by molar-refractivity contribution is 0.151. The summed E-state index contributed by atoms with van der Waals surface area (Å²) in [4.78, 5) is 12.4. The van der Waals surface area contributed by atoms with Gasteiger partial charge in [-0.3, -0.25) is 0 Å². The van der Waals surface area contributed by atoms with Crippen LogP contribution in [0.1, 0.15) is 63.8 Å². The zero-order chi connectivity index (χ0) is 19.7. The highest BCUT2D eigenvalue weighted by Crippen LogP contribution is 2.33. The number of hydrogen-bond donors (Lipinski definition) is 0. The minimum Gasteiger partial charge on any atom is -0.394 e. The van der Waals surface area contributed by atoms with Crippen LogP contribution in [0.3, 0.4) is 0 Å².